The fraction of sp³-hybridized carbons (Fsp3) is 0.370. The molecule has 44 heavy (non-hydrogen) atoms. The van der Waals surface area contributed by atoms with Crippen molar-refractivity contribution in [1.29, 1.82) is 0 Å². The summed E-state index contributed by atoms with van der Waals surface area (Å²) in [4.78, 5) is 41.6. The molecular weight excluding hydrogens is 637 g/mol. The Kier molecular flexibility index (Phi) is 9.13. The van der Waals surface area contributed by atoms with Crippen LogP contribution >= 0.6 is 23.2 Å². The van der Waals surface area contributed by atoms with Crippen molar-refractivity contribution in [1.82, 2.24) is 19.0 Å². The first kappa shape index (κ1) is 31.7. The number of piperazine rings is 1. The summed E-state index contributed by atoms with van der Waals surface area (Å²) in [5.74, 6) is -0.973. The lowest BCUT2D eigenvalue weighted by molar-refractivity contribution is -0.385. The lowest BCUT2D eigenvalue weighted by atomic mass is 10.1. The highest BCUT2D eigenvalue weighted by Crippen LogP contribution is 2.33. The predicted molar refractivity (Wildman–Crippen MR) is 163 cm³/mol. The fourth-order valence-electron chi connectivity index (χ4n) is 5.16. The Hall–Kier alpha value is -3.76. The number of rotatable bonds is 7. The van der Waals surface area contributed by atoms with E-state index in [0.29, 0.717) is 24.5 Å². The van der Waals surface area contributed by atoms with Gasteiger partial charge >= 0.3 is 6.09 Å². The number of halogens is 2. The monoisotopic (exact) mass is 665 g/mol. The van der Waals surface area contributed by atoms with E-state index < -0.39 is 32.6 Å². The Balaban J connectivity index is 1.48. The van der Waals surface area contributed by atoms with Crippen LogP contribution in [0.4, 0.5) is 22.0 Å². The number of nitro groups is 1. The zero-order valence-corrected chi connectivity index (χ0v) is 26.2. The maximum atomic E-state index is 13.5. The van der Waals surface area contributed by atoms with Crippen LogP contribution in [-0.2, 0) is 27.7 Å². The third kappa shape index (κ3) is 6.37. The second kappa shape index (κ2) is 12.7. The summed E-state index contributed by atoms with van der Waals surface area (Å²) in [6, 6.07) is 8.32. The molecule has 2 aromatic carbocycles. The van der Waals surface area contributed by atoms with E-state index >= 15 is 0 Å². The largest absolute Gasteiger partial charge is 0.448 e. The van der Waals surface area contributed by atoms with Crippen LogP contribution in [0.1, 0.15) is 28.5 Å². The van der Waals surface area contributed by atoms with Gasteiger partial charge in [0.25, 0.3) is 11.6 Å². The molecule has 14 nitrogen and oxygen atoms in total. The van der Waals surface area contributed by atoms with Gasteiger partial charge in [-0.2, -0.15) is 8.99 Å². The van der Waals surface area contributed by atoms with Crippen molar-refractivity contribution >= 4 is 62.4 Å². The number of likely N-dealkylation sites (N-methyl/N-ethyl adjacent to an activating group) is 1. The number of nitrogens with zero attached hydrogens (tertiary/aromatic N) is 6. The maximum absolute atomic E-state index is 13.5. The molecule has 3 heterocycles. The maximum Gasteiger partial charge on any atom is 0.434 e. The van der Waals surface area contributed by atoms with Gasteiger partial charge in [-0.3, -0.25) is 14.9 Å². The number of anilines is 2. The minimum absolute atomic E-state index is 0.0167. The molecule has 234 valence electrons. The van der Waals surface area contributed by atoms with Gasteiger partial charge in [-0.1, -0.05) is 23.2 Å². The molecule has 2 aliphatic rings. The summed E-state index contributed by atoms with van der Waals surface area (Å²) in [5, 5.41) is 19.1. The summed E-state index contributed by atoms with van der Waals surface area (Å²) in [6.45, 7) is 4.33. The van der Waals surface area contributed by atoms with Gasteiger partial charge in [-0.15, -0.1) is 5.10 Å². The zero-order chi connectivity index (χ0) is 31.8. The Morgan fingerprint density at radius 2 is 1.75 bits per heavy atom. The quantitative estimate of drug-likeness (QED) is 0.290. The van der Waals surface area contributed by atoms with E-state index in [-0.39, 0.29) is 58.0 Å². The lowest BCUT2D eigenvalue weighted by Gasteiger charge is -2.34. The van der Waals surface area contributed by atoms with Crippen molar-refractivity contribution in [2.75, 3.05) is 56.6 Å². The molecule has 1 N–H and O–H groups in total. The van der Waals surface area contributed by atoms with Gasteiger partial charge in [0.1, 0.15) is 5.56 Å². The van der Waals surface area contributed by atoms with Gasteiger partial charge < -0.3 is 19.9 Å². The number of hydrogen-bond donors (Lipinski definition) is 1. The van der Waals surface area contributed by atoms with Gasteiger partial charge in [0.2, 0.25) is 10.0 Å². The number of nitro benzene ring substituents is 1. The molecule has 0 bridgehead atoms. The van der Waals surface area contributed by atoms with E-state index in [2.05, 4.69) is 15.3 Å². The summed E-state index contributed by atoms with van der Waals surface area (Å²) in [7, 11) is -2.11. The lowest BCUT2D eigenvalue weighted by Crippen LogP contribution is -2.44. The second-order valence-corrected chi connectivity index (χ2v) is 13.1. The first-order valence-corrected chi connectivity index (χ1v) is 15.9. The van der Waals surface area contributed by atoms with Crippen molar-refractivity contribution < 1.29 is 27.7 Å². The average Bonchev–Trinajstić information content (AvgIpc) is 3.34. The molecule has 17 heteroatoms. The molecule has 1 amide bonds. The van der Waals surface area contributed by atoms with Crippen LogP contribution in [-0.4, -0.2) is 90.7 Å². The topological polar surface area (TPSA) is 160 Å². The number of benzene rings is 2. The smallest absolute Gasteiger partial charge is 0.434 e. The molecule has 0 radical (unpaired) electrons. The van der Waals surface area contributed by atoms with Crippen LogP contribution in [0.5, 0.6) is 0 Å². The molecule has 0 unspecified atom stereocenters. The van der Waals surface area contributed by atoms with Crippen molar-refractivity contribution in [2.24, 2.45) is 0 Å². The van der Waals surface area contributed by atoms with Crippen LogP contribution in [0, 0.1) is 10.1 Å². The Morgan fingerprint density at radius 1 is 1.07 bits per heavy atom. The van der Waals surface area contributed by atoms with Gasteiger partial charge in [0.05, 0.1) is 22.1 Å². The summed E-state index contributed by atoms with van der Waals surface area (Å²) < 4.78 is 34.3. The van der Waals surface area contributed by atoms with Crippen molar-refractivity contribution in [2.45, 2.75) is 24.8 Å². The average molecular weight is 667 g/mol. The highest BCUT2D eigenvalue weighted by molar-refractivity contribution is 7.89. The molecule has 3 aromatic rings. The Morgan fingerprint density at radius 3 is 2.39 bits per heavy atom. The molecular formula is C27H29Cl2N7O7S. The highest BCUT2D eigenvalue weighted by Gasteiger charge is 2.35. The van der Waals surface area contributed by atoms with E-state index in [1.54, 1.807) is 13.0 Å². The highest BCUT2D eigenvalue weighted by atomic mass is 35.5. The SMILES string of the molecule is CCOC(=O)n1nc(NC(=O)c2ccc(N3CCN(C)CC3)cc2[N+](=O)[O-])c2c1CCN(S(=O)(=O)c1cc(Cl)cc(Cl)c1)C2. The molecule has 0 atom stereocenters. The van der Waals surface area contributed by atoms with Crippen LogP contribution in [0.25, 0.3) is 0 Å². The number of fused-ring (bicyclic) bond motifs is 1. The van der Waals surface area contributed by atoms with E-state index in [1.807, 2.05) is 11.9 Å². The number of nitrogens with one attached hydrogen (secondary N) is 1. The number of sulfonamides is 1. The van der Waals surface area contributed by atoms with Gasteiger partial charge in [0.15, 0.2) is 5.82 Å². The molecule has 0 spiro atoms. The van der Waals surface area contributed by atoms with Crippen LogP contribution in [0.3, 0.4) is 0 Å². The summed E-state index contributed by atoms with van der Waals surface area (Å²) in [6.07, 6.45) is -0.755. The van der Waals surface area contributed by atoms with E-state index in [4.69, 9.17) is 27.9 Å². The minimum Gasteiger partial charge on any atom is -0.448 e. The van der Waals surface area contributed by atoms with Crippen molar-refractivity contribution in [3.63, 3.8) is 0 Å². The zero-order valence-electron chi connectivity index (χ0n) is 23.8. The Labute approximate surface area is 263 Å². The minimum atomic E-state index is -4.10. The number of amides is 1. The molecule has 1 saturated heterocycles. The second-order valence-electron chi connectivity index (χ2n) is 10.3. The standard InChI is InChI=1S/C27H29Cl2N7O7S/c1-3-43-27(38)35-23-6-7-34(44(41,42)20-13-17(28)12-18(29)14-20)16-22(23)25(31-35)30-26(37)21-5-4-19(15-24(21)36(39)40)33-10-8-32(2)9-11-33/h4-5,12-15H,3,6-11,16H2,1-2H3,(H,30,31,37). The van der Waals surface area contributed by atoms with Gasteiger partial charge in [-0.05, 0) is 44.3 Å². The van der Waals surface area contributed by atoms with Crippen molar-refractivity contribution in [3.8, 4) is 0 Å². The molecule has 5 rings (SSSR count). The van der Waals surface area contributed by atoms with Gasteiger partial charge in [0, 0.05) is 73.1 Å². The number of aromatic nitrogens is 2. The molecule has 1 fully saturated rings. The van der Waals surface area contributed by atoms with Gasteiger partial charge in [-0.25, -0.2) is 13.2 Å². The predicted octanol–water partition coefficient (Wildman–Crippen LogP) is 3.85. The number of carbonyl (C=O) groups excluding carboxylic acids is 2. The van der Waals surface area contributed by atoms with E-state index in [9.17, 15) is 28.1 Å². The number of hydrogen-bond acceptors (Lipinski definition) is 10. The Bertz CT molecular complexity index is 1720. The third-order valence-electron chi connectivity index (χ3n) is 7.46. The van der Waals surface area contributed by atoms with Crippen LogP contribution in [0.2, 0.25) is 10.0 Å². The molecule has 2 aliphatic heterocycles. The normalized spacial score (nSPS) is 16.0. The fourth-order valence-corrected chi connectivity index (χ4v) is 7.30. The number of ether oxygens (including phenoxy) is 1. The van der Waals surface area contributed by atoms with E-state index in [1.165, 1.54) is 30.3 Å². The van der Waals surface area contributed by atoms with E-state index in [0.717, 1.165) is 22.1 Å². The van der Waals surface area contributed by atoms with Crippen molar-refractivity contribution in [3.05, 3.63) is 73.4 Å². The molecule has 1 aromatic heterocycles. The summed E-state index contributed by atoms with van der Waals surface area (Å²) in [5.41, 5.74) is 0.577. The van der Waals surface area contributed by atoms with Crippen LogP contribution < -0.4 is 10.2 Å². The molecule has 0 aliphatic carbocycles. The third-order valence-corrected chi connectivity index (χ3v) is 9.72. The summed E-state index contributed by atoms with van der Waals surface area (Å²) >= 11 is 12.1. The van der Waals surface area contributed by atoms with Crippen LogP contribution in [0.15, 0.2) is 41.3 Å². The first-order chi connectivity index (χ1) is 20.9. The molecule has 0 saturated carbocycles. The first-order valence-electron chi connectivity index (χ1n) is 13.7. The number of carbonyl (C=O) groups is 2.